The summed E-state index contributed by atoms with van der Waals surface area (Å²) < 4.78 is 7.19. The number of hydrogen-bond donors (Lipinski definition) is 0. The van der Waals surface area contributed by atoms with E-state index in [4.69, 9.17) is 4.74 Å². The number of benzene rings is 1. The Labute approximate surface area is 112 Å². The summed E-state index contributed by atoms with van der Waals surface area (Å²) in [7, 11) is 0. The summed E-state index contributed by atoms with van der Waals surface area (Å²) in [5, 5.41) is 4.05. The van der Waals surface area contributed by atoms with Gasteiger partial charge in [0.1, 0.15) is 18.8 Å². The Morgan fingerprint density at radius 3 is 2.79 bits per heavy atom. The van der Waals surface area contributed by atoms with Crippen molar-refractivity contribution in [2.24, 2.45) is 0 Å². The first-order valence-electron chi connectivity index (χ1n) is 6.36. The van der Waals surface area contributed by atoms with Gasteiger partial charge in [0, 0.05) is 6.42 Å². The minimum atomic E-state index is -0.332. The van der Waals surface area contributed by atoms with Crippen molar-refractivity contribution in [3.8, 4) is 0 Å². The zero-order chi connectivity index (χ0) is 13.5. The average Bonchev–Trinajstić information content (AvgIpc) is 2.92. The van der Waals surface area contributed by atoms with Crippen molar-refractivity contribution in [1.82, 2.24) is 14.8 Å². The average molecular weight is 259 g/mol. The molecular weight excluding hydrogens is 242 g/mol. The standard InChI is InChI=1S/C14H17N3O2/c1-2-6-14(18)19-13(9-17-11-15-10-16-17)12-7-4-3-5-8-12/h3-5,7-8,10-11,13H,2,6,9H2,1H3. The van der Waals surface area contributed by atoms with Gasteiger partial charge in [0.2, 0.25) is 0 Å². The first-order valence-corrected chi connectivity index (χ1v) is 6.36. The van der Waals surface area contributed by atoms with E-state index in [2.05, 4.69) is 10.1 Å². The van der Waals surface area contributed by atoms with Crippen molar-refractivity contribution in [3.05, 3.63) is 48.5 Å². The van der Waals surface area contributed by atoms with Gasteiger partial charge in [-0.25, -0.2) is 9.67 Å². The molecule has 1 heterocycles. The molecule has 0 amide bonds. The maximum atomic E-state index is 11.7. The maximum absolute atomic E-state index is 11.7. The molecule has 0 spiro atoms. The summed E-state index contributed by atoms with van der Waals surface area (Å²) >= 11 is 0. The SMILES string of the molecule is CCCC(=O)OC(Cn1cncn1)c1ccccc1. The molecule has 0 fully saturated rings. The fraction of sp³-hybridized carbons (Fsp3) is 0.357. The number of esters is 1. The van der Waals surface area contributed by atoms with Gasteiger partial charge in [0.05, 0.1) is 6.54 Å². The van der Waals surface area contributed by atoms with E-state index >= 15 is 0 Å². The highest BCUT2D eigenvalue weighted by Crippen LogP contribution is 2.20. The topological polar surface area (TPSA) is 57.0 Å². The van der Waals surface area contributed by atoms with E-state index in [1.165, 1.54) is 6.33 Å². The van der Waals surface area contributed by atoms with E-state index in [9.17, 15) is 4.79 Å². The number of nitrogens with zero attached hydrogens (tertiary/aromatic N) is 3. The predicted molar refractivity (Wildman–Crippen MR) is 70.2 cm³/mol. The third-order valence-corrected chi connectivity index (χ3v) is 2.72. The van der Waals surface area contributed by atoms with Crippen LogP contribution in [-0.4, -0.2) is 20.7 Å². The quantitative estimate of drug-likeness (QED) is 0.747. The molecule has 1 aromatic heterocycles. The smallest absolute Gasteiger partial charge is 0.306 e. The molecule has 100 valence electrons. The van der Waals surface area contributed by atoms with E-state index in [1.807, 2.05) is 37.3 Å². The first kappa shape index (κ1) is 13.3. The third kappa shape index (κ3) is 3.91. The van der Waals surface area contributed by atoms with E-state index in [1.54, 1.807) is 11.0 Å². The predicted octanol–water partition coefficient (Wildman–Crippen LogP) is 2.36. The molecule has 0 radical (unpaired) electrons. The van der Waals surface area contributed by atoms with Gasteiger partial charge in [-0.15, -0.1) is 0 Å². The van der Waals surface area contributed by atoms with Crippen LogP contribution in [-0.2, 0) is 16.1 Å². The Hall–Kier alpha value is -2.17. The lowest BCUT2D eigenvalue weighted by Crippen LogP contribution is -2.17. The second-order valence-corrected chi connectivity index (χ2v) is 4.26. The normalized spacial score (nSPS) is 12.1. The number of carbonyl (C=O) groups excluding carboxylic acids is 1. The molecule has 0 N–H and O–H groups in total. The molecular formula is C14H17N3O2. The number of hydrogen-bond acceptors (Lipinski definition) is 4. The highest BCUT2D eigenvalue weighted by atomic mass is 16.5. The molecule has 1 aromatic carbocycles. The molecule has 0 aliphatic rings. The summed E-state index contributed by atoms with van der Waals surface area (Å²) in [5.74, 6) is -0.184. The molecule has 5 heteroatoms. The Morgan fingerprint density at radius 1 is 1.37 bits per heavy atom. The van der Waals surface area contributed by atoms with Crippen molar-refractivity contribution < 1.29 is 9.53 Å². The van der Waals surface area contributed by atoms with Crippen molar-refractivity contribution in [2.45, 2.75) is 32.4 Å². The van der Waals surface area contributed by atoms with Crippen molar-refractivity contribution in [2.75, 3.05) is 0 Å². The van der Waals surface area contributed by atoms with Crippen LogP contribution in [0.5, 0.6) is 0 Å². The highest BCUT2D eigenvalue weighted by Gasteiger charge is 2.17. The van der Waals surface area contributed by atoms with Crippen LogP contribution in [0, 0.1) is 0 Å². The molecule has 0 aliphatic heterocycles. The van der Waals surface area contributed by atoms with Gasteiger partial charge < -0.3 is 4.74 Å². The number of rotatable bonds is 6. The fourth-order valence-electron chi connectivity index (χ4n) is 1.80. The molecule has 0 aliphatic carbocycles. The number of ether oxygens (including phenoxy) is 1. The van der Waals surface area contributed by atoms with E-state index < -0.39 is 0 Å². The van der Waals surface area contributed by atoms with Crippen LogP contribution in [0.25, 0.3) is 0 Å². The fourth-order valence-corrected chi connectivity index (χ4v) is 1.80. The van der Waals surface area contributed by atoms with Crippen molar-refractivity contribution in [3.63, 3.8) is 0 Å². The zero-order valence-corrected chi connectivity index (χ0v) is 10.9. The molecule has 0 saturated heterocycles. The summed E-state index contributed by atoms with van der Waals surface area (Å²) in [4.78, 5) is 15.6. The first-order chi connectivity index (χ1) is 9.29. The lowest BCUT2D eigenvalue weighted by atomic mass is 10.1. The minimum absolute atomic E-state index is 0.184. The lowest BCUT2D eigenvalue weighted by molar-refractivity contribution is -0.150. The minimum Gasteiger partial charge on any atom is -0.455 e. The van der Waals surface area contributed by atoms with Gasteiger partial charge in [-0.3, -0.25) is 4.79 Å². The second-order valence-electron chi connectivity index (χ2n) is 4.26. The molecule has 19 heavy (non-hydrogen) atoms. The molecule has 5 nitrogen and oxygen atoms in total. The maximum Gasteiger partial charge on any atom is 0.306 e. The summed E-state index contributed by atoms with van der Waals surface area (Å²) in [6, 6.07) is 9.68. The monoisotopic (exact) mass is 259 g/mol. The van der Waals surface area contributed by atoms with Gasteiger partial charge in [-0.2, -0.15) is 5.10 Å². The zero-order valence-electron chi connectivity index (χ0n) is 10.9. The van der Waals surface area contributed by atoms with Crippen LogP contribution < -0.4 is 0 Å². The van der Waals surface area contributed by atoms with Crippen LogP contribution in [0.2, 0.25) is 0 Å². The number of carbonyl (C=O) groups is 1. The lowest BCUT2D eigenvalue weighted by Gasteiger charge is -2.18. The Kier molecular flexibility index (Phi) is 4.66. The van der Waals surface area contributed by atoms with Crippen LogP contribution in [0.15, 0.2) is 43.0 Å². The second kappa shape index (κ2) is 6.68. The molecule has 0 bridgehead atoms. The van der Waals surface area contributed by atoms with Crippen LogP contribution in [0.4, 0.5) is 0 Å². The van der Waals surface area contributed by atoms with E-state index in [0.717, 1.165) is 12.0 Å². The molecule has 2 aromatic rings. The highest BCUT2D eigenvalue weighted by molar-refractivity contribution is 5.69. The van der Waals surface area contributed by atoms with Crippen molar-refractivity contribution in [1.29, 1.82) is 0 Å². The van der Waals surface area contributed by atoms with Crippen LogP contribution in [0.1, 0.15) is 31.4 Å². The summed E-state index contributed by atoms with van der Waals surface area (Å²) in [6.45, 7) is 2.43. The van der Waals surface area contributed by atoms with E-state index in [-0.39, 0.29) is 12.1 Å². The Morgan fingerprint density at radius 2 is 2.16 bits per heavy atom. The summed E-state index contributed by atoms with van der Waals surface area (Å²) in [6.07, 6.45) is 3.96. The van der Waals surface area contributed by atoms with Crippen molar-refractivity contribution >= 4 is 5.97 Å². The largest absolute Gasteiger partial charge is 0.455 e. The Bertz CT molecular complexity index is 497. The van der Waals surface area contributed by atoms with E-state index in [0.29, 0.717) is 13.0 Å². The number of aromatic nitrogens is 3. The van der Waals surface area contributed by atoms with Gasteiger partial charge in [0.25, 0.3) is 0 Å². The molecule has 0 saturated carbocycles. The Balaban J connectivity index is 2.11. The third-order valence-electron chi connectivity index (χ3n) is 2.72. The van der Waals surface area contributed by atoms with Crippen LogP contribution in [0.3, 0.4) is 0 Å². The van der Waals surface area contributed by atoms with Gasteiger partial charge in [-0.05, 0) is 12.0 Å². The summed E-state index contributed by atoms with van der Waals surface area (Å²) in [5.41, 5.74) is 0.961. The molecule has 2 rings (SSSR count). The molecule has 1 atom stereocenters. The van der Waals surface area contributed by atoms with Gasteiger partial charge in [0.15, 0.2) is 0 Å². The van der Waals surface area contributed by atoms with Gasteiger partial charge in [-0.1, -0.05) is 37.3 Å². The molecule has 1 unspecified atom stereocenters. The van der Waals surface area contributed by atoms with Gasteiger partial charge >= 0.3 is 5.97 Å². The van der Waals surface area contributed by atoms with Crippen LogP contribution >= 0.6 is 0 Å².